The van der Waals surface area contributed by atoms with E-state index < -0.39 is 0 Å². The number of thiophene rings is 1. The maximum Gasteiger partial charge on any atom is 0.134 e. The van der Waals surface area contributed by atoms with Crippen LogP contribution in [0.3, 0.4) is 0 Å². The van der Waals surface area contributed by atoms with Gasteiger partial charge in [0, 0.05) is 32.7 Å². The number of fused-ring (bicyclic) bond motifs is 11. The zero-order valence-corrected chi connectivity index (χ0v) is 23.8. The van der Waals surface area contributed by atoms with Gasteiger partial charge in [-0.2, -0.15) is 0 Å². The Kier molecular flexibility index (Phi) is 4.59. The predicted octanol–water partition coefficient (Wildman–Crippen LogP) is 9.54. The fraction of sp³-hybridized carbons (Fsp3) is 0.0270. The Hall–Kier alpha value is -5.46. The van der Waals surface area contributed by atoms with Gasteiger partial charge in [0.1, 0.15) is 5.82 Å². The number of hydrogen-bond donors (Lipinski definition) is 0. The third-order valence-corrected chi connectivity index (χ3v) is 9.97. The van der Waals surface area contributed by atoms with Crippen LogP contribution in [0.2, 0.25) is 0 Å². The Morgan fingerprint density at radius 2 is 1.33 bits per heavy atom. The number of para-hydroxylation sites is 5. The van der Waals surface area contributed by atoms with Gasteiger partial charge in [-0.3, -0.25) is 9.55 Å². The highest BCUT2D eigenvalue weighted by Gasteiger charge is 2.27. The molecule has 0 bridgehead atoms. The van der Waals surface area contributed by atoms with Crippen molar-refractivity contribution in [2.24, 2.45) is 0 Å². The number of benzene rings is 5. The van der Waals surface area contributed by atoms with E-state index in [1.54, 1.807) is 0 Å². The molecular weight excluding hydrogens is 547 g/mol. The average molecular weight is 570 g/mol. The molecule has 10 rings (SSSR count). The fourth-order valence-corrected chi connectivity index (χ4v) is 8.11. The van der Waals surface area contributed by atoms with E-state index in [-0.39, 0.29) is 0 Å². The van der Waals surface area contributed by atoms with Crippen molar-refractivity contribution in [3.05, 3.63) is 133 Å². The van der Waals surface area contributed by atoms with Gasteiger partial charge in [0.15, 0.2) is 0 Å². The minimum Gasteiger partial charge on any atom is -0.332 e. The molecule has 0 spiro atoms. The summed E-state index contributed by atoms with van der Waals surface area (Å²) in [4.78, 5) is 12.3. The molecular formula is C37H23N5S. The van der Waals surface area contributed by atoms with Gasteiger partial charge in [-0.25, -0.2) is 4.98 Å². The largest absolute Gasteiger partial charge is 0.332 e. The lowest BCUT2D eigenvalue weighted by molar-refractivity contribution is 0.811. The summed E-state index contributed by atoms with van der Waals surface area (Å²) in [6.07, 6.45) is 1.95. The number of nitrogens with zero attached hydrogens (tertiary/aromatic N) is 5. The second kappa shape index (κ2) is 8.53. The van der Waals surface area contributed by atoms with Gasteiger partial charge in [-0.05, 0) is 60.7 Å². The lowest BCUT2D eigenvalue weighted by Gasteiger charge is -2.32. The second-order valence-electron chi connectivity index (χ2n) is 11.1. The third-order valence-electron chi connectivity index (χ3n) is 8.79. The maximum atomic E-state index is 5.04. The van der Waals surface area contributed by atoms with Gasteiger partial charge in [0.25, 0.3) is 0 Å². The van der Waals surface area contributed by atoms with Crippen LogP contribution in [0.4, 0.5) is 11.4 Å². The zero-order valence-electron chi connectivity index (χ0n) is 23.0. The van der Waals surface area contributed by atoms with Gasteiger partial charge in [-0.15, -0.1) is 11.3 Å². The van der Waals surface area contributed by atoms with Crippen molar-refractivity contribution in [1.82, 2.24) is 19.1 Å². The van der Waals surface area contributed by atoms with Crippen molar-refractivity contribution >= 4 is 75.9 Å². The van der Waals surface area contributed by atoms with Crippen LogP contribution in [0.25, 0.3) is 64.5 Å². The normalized spacial score (nSPS) is 13.0. The molecule has 4 aromatic heterocycles. The molecule has 9 aromatic rings. The summed E-state index contributed by atoms with van der Waals surface area (Å²) in [6, 6.07) is 43.4. The highest BCUT2D eigenvalue weighted by Crippen LogP contribution is 2.43. The molecule has 0 saturated carbocycles. The molecule has 1 aliphatic heterocycles. The van der Waals surface area contributed by atoms with Gasteiger partial charge in [0.05, 0.1) is 55.9 Å². The van der Waals surface area contributed by atoms with Gasteiger partial charge in [0.2, 0.25) is 0 Å². The number of hydrogen-bond acceptors (Lipinski definition) is 4. The van der Waals surface area contributed by atoms with E-state index in [4.69, 9.17) is 9.97 Å². The Balaban J connectivity index is 1.20. The molecule has 5 heterocycles. The van der Waals surface area contributed by atoms with Gasteiger partial charge < -0.3 is 9.47 Å². The van der Waals surface area contributed by atoms with Crippen molar-refractivity contribution < 1.29 is 0 Å². The molecule has 0 saturated heterocycles. The van der Waals surface area contributed by atoms with E-state index in [2.05, 4.69) is 135 Å². The van der Waals surface area contributed by atoms with E-state index in [1.807, 2.05) is 17.5 Å². The molecule has 0 N–H and O–H groups in total. The summed E-state index contributed by atoms with van der Waals surface area (Å²) in [5, 5.41) is 3.68. The Morgan fingerprint density at radius 1 is 0.581 bits per heavy atom. The zero-order chi connectivity index (χ0) is 28.1. The molecule has 0 aliphatic carbocycles. The maximum absolute atomic E-state index is 5.04. The van der Waals surface area contributed by atoms with Crippen LogP contribution in [0.5, 0.6) is 0 Å². The lowest BCUT2D eigenvalue weighted by Crippen LogP contribution is -2.25. The van der Waals surface area contributed by atoms with Crippen LogP contribution in [-0.2, 0) is 6.54 Å². The van der Waals surface area contributed by atoms with Gasteiger partial charge in [-0.1, -0.05) is 60.7 Å². The van der Waals surface area contributed by atoms with Crippen molar-refractivity contribution in [1.29, 1.82) is 0 Å². The highest BCUT2D eigenvalue weighted by molar-refractivity contribution is 7.26. The molecule has 5 nitrogen and oxygen atoms in total. The average Bonchev–Trinajstić information content (AvgIpc) is 3.73. The molecule has 1 aliphatic rings. The van der Waals surface area contributed by atoms with Crippen LogP contribution in [0.1, 0.15) is 5.82 Å². The summed E-state index contributed by atoms with van der Waals surface area (Å²) in [5.41, 5.74) is 10.3. The Labute approximate surface area is 250 Å². The van der Waals surface area contributed by atoms with Crippen LogP contribution >= 0.6 is 11.3 Å². The predicted molar refractivity (Wildman–Crippen MR) is 178 cm³/mol. The van der Waals surface area contributed by atoms with E-state index in [0.717, 1.165) is 33.7 Å². The summed E-state index contributed by atoms with van der Waals surface area (Å²) in [7, 11) is 0. The third kappa shape index (κ3) is 3.16. The molecule has 6 heteroatoms. The lowest BCUT2D eigenvalue weighted by atomic mass is 10.1. The van der Waals surface area contributed by atoms with Crippen LogP contribution in [0, 0.1) is 0 Å². The first-order valence-corrected chi connectivity index (χ1v) is 15.3. The molecule has 202 valence electrons. The van der Waals surface area contributed by atoms with E-state index in [1.165, 1.54) is 48.0 Å². The minimum absolute atomic E-state index is 0.697. The van der Waals surface area contributed by atoms with E-state index in [0.29, 0.717) is 6.54 Å². The standard InChI is InChI=1S/C37H23N5S/c1-4-12-28-24(9-1)26-21-23(40-22-35-39-27-11-3-5-13-30(27)42(35)32-15-7-6-14-31(32)40)17-18-29(26)41(28)33-19-20-38-36-25-10-2-8-16-34(25)43-37(33)36/h1-21H,22H2. The first-order valence-electron chi connectivity index (χ1n) is 14.5. The van der Waals surface area contributed by atoms with Crippen molar-refractivity contribution in [2.75, 3.05) is 4.90 Å². The minimum atomic E-state index is 0.697. The number of aromatic nitrogens is 4. The highest BCUT2D eigenvalue weighted by atomic mass is 32.1. The molecule has 0 fully saturated rings. The number of pyridine rings is 1. The van der Waals surface area contributed by atoms with Crippen LogP contribution in [-0.4, -0.2) is 19.1 Å². The molecule has 0 radical (unpaired) electrons. The SMILES string of the molecule is c1ccc2c(c1)N(c1ccc3c(c1)c1ccccc1n3-c1ccnc3c1sc1ccccc13)Cc1nc3ccccc3n1-2. The van der Waals surface area contributed by atoms with Crippen molar-refractivity contribution in [2.45, 2.75) is 6.54 Å². The van der Waals surface area contributed by atoms with E-state index >= 15 is 0 Å². The Bertz CT molecular complexity index is 2570. The second-order valence-corrected chi connectivity index (χ2v) is 12.1. The quantitative estimate of drug-likeness (QED) is 0.208. The molecule has 0 atom stereocenters. The molecule has 0 amide bonds. The summed E-state index contributed by atoms with van der Waals surface area (Å²) in [6.45, 7) is 0.697. The molecule has 43 heavy (non-hydrogen) atoms. The topological polar surface area (TPSA) is 38.9 Å². The molecule has 5 aromatic carbocycles. The summed E-state index contributed by atoms with van der Waals surface area (Å²) in [5.74, 6) is 1.05. The smallest absolute Gasteiger partial charge is 0.134 e. The Morgan fingerprint density at radius 3 is 2.26 bits per heavy atom. The monoisotopic (exact) mass is 569 g/mol. The van der Waals surface area contributed by atoms with Crippen molar-refractivity contribution in [3.63, 3.8) is 0 Å². The summed E-state index contributed by atoms with van der Waals surface area (Å²) < 4.78 is 7.19. The number of rotatable bonds is 2. The first-order chi connectivity index (χ1) is 21.3. The van der Waals surface area contributed by atoms with E-state index in [9.17, 15) is 0 Å². The van der Waals surface area contributed by atoms with Crippen LogP contribution < -0.4 is 4.90 Å². The van der Waals surface area contributed by atoms with Crippen LogP contribution in [0.15, 0.2) is 128 Å². The van der Waals surface area contributed by atoms with Crippen molar-refractivity contribution in [3.8, 4) is 11.4 Å². The summed E-state index contributed by atoms with van der Waals surface area (Å²) >= 11 is 1.82. The fourth-order valence-electron chi connectivity index (χ4n) is 6.95. The number of anilines is 2. The van der Waals surface area contributed by atoms with Gasteiger partial charge >= 0.3 is 0 Å². The molecule has 0 unspecified atom stereocenters. The number of imidazole rings is 1. The first kappa shape index (κ1) is 23.1.